The first-order valence-corrected chi connectivity index (χ1v) is 11.6. The van der Waals surface area contributed by atoms with Gasteiger partial charge in [-0.05, 0) is 39.3 Å². The Balaban J connectivity index is 1.26. The van der Waals surface area contributed by atoms with Crippen LogP contribution >= 0.6 is 11.3 Å². The van der Waals surface area contributed by atoms with Crippen LogP contribution in [-0.2, 0) is 9.59 Å². The average Bonchev–Trinajstić information content (AvgIpc) is 3.10. The highest BCUT2D eigenvalue weighted by molar-refractivity contribution is 7.15. The van der Waals surface area contributed by atoms with Crippen molar-refractivity contribution in [3.05, 3.63) is 29.0 Å². The molecule has 2 saturated heterocycles. The zero-order valence-corrected chi connectivity index (χ0v) is 18.9. The summed E-state index contributed by atoms with van der Waals surface area (Å²) in [6, 6.07) is 1.80. The van der Waals surface area contributed by atoms with Crippen molar-refractivity contribution in [2.45, 2.75) is 26.7 Å². The summed E-state index contributed by atoms with van der Waals surface area (Å²) in [7, 11) is 0. The molecule has 2 amide bonds. The molecule has 1 atom stereocenters. The van der Waals surface area contributed by atoms with E-state index in [-0.39, 0.29) is 17.7 Å². The number of likely N-dealkylation sites (tertiary alicyclic amines) is 1. The summed E-state index contributed by atoms with van der Waals surface area (Å²) in [5.41, 5.74) is 0.947. The van der Waals surface area contributed by atoms with E-state index in [0.29, 0.717) is 31.3 Å². The molecule has 0 aromatic carbocycles. The Morgan fingerprint density at radius 3 is 2.55 bits per heavy atom. The number of piperidine rings is 1. The molecule has 0 spiro atoms. The van der Waals surface area contributed by atoms with E-state index in [2.05, 4.69) is 30.1 Å². The molecule has 0 bridgehead atoms. The van der Waals surface area contributed by atoms with Crippen LogP contribution in [0.25, 0.3) is 0 Å². The molecule has 1 N–H and O–H groups in total. The number of carbonyl (C=O) groups is 2. The molecule has 0 saturated carbocycles. The number of rotatable bonds is 5. The second-order valence-electron chi connectivity index (χ2n) is 8.14. The van der Waals surface area contributed by atoms with E-state index in [4.69, 9.17) is 0 Å². The monoisotopic (exact) mass is 443 g/mol. The van der Waals surface area contributed by atoms with Gasteiger partial charge in [0.1, 0.15) is 0 Å². The Bertz CT molecular complexity index is 892. The van der Waals surface area contributed by atoms with E-state index in [1.165, 1.54) is 11.3 Å². The zero-order chi connectivity index (χ0) is 21.8. The summed E-state index contributed by atoms with van der Waals surface area (Å²) in [6.45, 7) is 8.53. The summed E-state index contributed by atoms with van der Waals surface area (Å²) in [4.78, 5) is 45.8. The molecule has 0 radical (unpaired) electrons. The highest BCUT2D eigenvalue weighted by Gasteiger charge is 2.32. The maximum atomic E-state index is 13.1. The van der Waals surface area contributed by atoms with Crippen LogP contribution in [0.15, 0.2) is 18.5 Å². The van der Waals surface area contributed by atoms with Crippen LogP contribution in [0.3, 0.4) is 0 Å². The highest BCUT2D eigenvalue weighted by Crippen LogP contribution is 2.22. The lowest BCUT2D eigenvalue weighted by molar-refractivity contribution is -0.138. The molecule has 2 fully saturated rings. The minimum absolute atomic E-state index is 0.0505. The number of nitrogens with one attached hydrogen (secondary N) is 1. The first-order chi connectivity index (χ1) is 15.0. The fourth-order valence-corrected chi connectivity index (χ4v) is 4.96. The quantitative estimate of drug-likeness (QED) is 0.749. The van der Waals surface area contributed by atoms with Crippen LogP contribution in [-0.4, -0.2) is 82.4 Å². The van der Waals surface area contributed by atoms with Crippen LogP contribution in [0, 0.1) is 19.8 Å². The maximum Gasteiger partial charge on any atom is 0.240 e. The van der Waals surface area contributed by atoms with E-state index in [9.17, 15) is 9.59 Å². The molecule has 31 heavy (non-hydrogen) atoms. The third-order valence-corrected chi connectivity index (χ3v) is 6.91. The SMILES string of the molecule is Cc1nc(NC(=O)CN2CCCC(C(=O)N3CCN(c4ncccn4)CC3)C2)sc1C. The lowest BCUT2D eigenvalue weighted by Crippen LogP contribution is -2.53. The minimum Gasteiger partial charge on any atom is -0.339 e. The van der Waals surface area contributed by atoms with Gasteiger partial charge in [-0.1, -0.05) is 0 Å². The number of carbonyl (C=O) groups excluding carboxylic acids is 2. The Morgan fingerprint density at radius 1 is 1.13 bits per heavy atom. The molecular weight excluding hydrogens is 414 g/mol. The van der Waals surface area contributed by atoms with Gasteiger partial charge in [-0.25, -0.2) is 15.0 Å². The lowest BCUT2D eigenvalue weighted by atomic mass is 9.96. The summed E-state index contributed by atoms with van der Waals surface area (Å²) >= 11 is 1.49. The fraction of sp³-hybridized carbons (Fsp3) is 0.571. The first kappa shape index (κ1) is 21.6. The van der Waals surface area contributed by atoms with Crippen LogP contribution in [0.4, 0.5) is 11.1 Å². The van der Waals surface area contributed by atoms with Crippen molar-refractivity contribution < 1.29 is 9.59 Å². The van der Waals surface area contributed by atoms with Gasteiger partial charge in [0.2, 0.25) is 17.8 Å². The molecule has 10 heteroatoms. The molecule has 1 unspecified atom stereocenters. The van der Waals surface area contributed by atoms with Gasteiger partial charge in [0.15, 0.2) is 5.13 Å². The Morgan fingerprint density at radius 2 is 1.87 bits per heavy atom. The largest absolute Gasteiger partial charge is 0.339 e. The summed E-state index contributed by atoms with van der Waals surface area (Å²) in [5.74, 6) is 0.795. The second kappa shape index (κ2) is 9.69. The molecule has 2 aliphatic heterocycles. The summed E-state index contributed by atoms with van der Waals surface area (Å²) in [6.07, 6.45) is 5.29. The molecule has 2 aliphatic rings. The second-order valence-corrected chi connectivity index (χ2v) is 9.35. The van der Waals surface area contributed by atoms with Crippen LogP contribution in [0.1, 0.15) is 23.4 Å². The van der Waals surface area contributed by atoms with Crippen LogP contribution in [0.5, 0.6) is 0 Å². The van der Waals surface area contributed by atoms with E-state index >= 15 is 0 Å². The summed E-state index contributed by atoms with van der Waals surface area (Å²) in [5, 5.41) is 3.54. The minimum atomic E-state index is -0.0710. The molecule has 2 aromatic heterocycles. The highest BCUT2D eigenvalue weighted by atomic mass is 32.1. The van der Waals surface area contributed by atoms with Gasteiger partial charge in [0, 0.05) is 50.0 Å². The third-order valence-electron chi connectivity index (χ3n) is 5.92. The lowest BCUT2D eigenvalue weighted by Gasteiger charge is -2.38. The Kier molecular flexibility index (Phi) is 6.77. The molecule has 4 heterocycles. The Hall–Kier alpha value is -2.59. The Labute approximate surface area is 186 Å². The first-order valence-electron chi connectivity index (χ1n) is 10.8. The maximum absolute atomic E-state index is 13.1. The topological polar surface area (TPSA) is 94.6 Å². The zero-order valence-electron chi connectivity index (χ0n) is 18.1. The molecule has 9 nitrogen and oxygen atoms in total. The van der Waals surface area contributed by atoms with Crippen LogP contribution in [0.2, 0.25) is 0 Å². The van der Waals surface area contributed by atoms with E-state index in [0.717, 1.165) is 49.0 Å². The number of anilines is 2. The van der Waals surface area contributed by atoms with Crippen molar-refractivity contribution in [3.8, 4) is 0 Å². The van der Waals surface area contributed by atoms with Crippen molar-refractivity contribution in [2.75, 3.05) is 56.0 Å². The summed E-state index contributed by atoms with van der Waals surface area (Å²) < 4.78 is 0. The fourth-order valence-electron chi connectivity index (χ4n) is 4.13. The van der Waals surface area contributed by atoms with Gasteiger partial charge >= 0.3 is 0 Å². The van der Waals surface area contributed by atoms with Gasteiger partial charge in [0.05, 0.1) is 18.2 Å². The number of aromatic nitrogens is 3. The molecule has 166 valence electrons. The number of piperazine rings is 1. The average molecular weight is 444 g/mol. The van der Waals surface area contributed by atoms with Crippen LogP contribution < -0.4 is 10.2 Å². The van der Waals surface area contributed by atoms with E-state index in [1.807, 2.05) is 18.7 Å². The van der Waals surface area contributed by atoms with E-state index < -0.39 is 0 Å². The molecular formula is C21H29N7O2S. The van der Waals surface area contributed by atoms with Gasteiger partial charge in [-0.3, -0.25) is 14.5 Å². The van der Waals surface area contributed by atoms with Gasteiger partial charge in [-0.15, -0.1) is 11.3 Å². The van der Waals surface area contributed by atoms with Crippen molar-refractivity contribution in [3.63, 3.8) is 0 Å². The smallest absolute Gasteiger partial charge is 0.240 e. The van der Waals surface area contributed by atoms with Crippen molar-refractivity contribution in [1.29, 1.82) is 0 Å². The standard InChI is InChI=1S/C21H29N7O2S/c1-15-16(2)31-21(24-15)25-18(29)14-26-8-3-5-17(13-26)19(30)27-9-11-28(12-10-27)20-22-6-4-7-23-20/h4,6-7,17H,3,5,8-14H2,1-2H3,(H,24,25,29). The number of nitrogens with zero attached hydrogens (tertiary/aromatic N) is 6. The molecule has 0 aliphatic carbocycles. The predicted octanol–water partition coefficient (Wildman–Crippen LogP) is 1.55. The third kappa shape index (κ3) is 5.37. The number of thiazole rings is 1. The van der Waals surface area contributed by atoms with Crippen molar-refractivity contribution in [1.82, 2.24) is 24.8 Å². The number of amides is 2. The van der Waals surface area contributed by atoms with Gasteiger partial charge in [0.25, 0.3) is 0 Å². The van der Waals surface area contributed by atoms with Crippen molar-refractivity contribution >= 4 is 34.2 Å². The van der Waals surface area contributed by atoms with Crippen molar-refractivity contribution in [2.24, 2.45) is 5.92 Å². The molecule has 4 rings (SSSR count). The van der Waals surface area contributed by atoms with Gasteiger partial charge < -0.3 is 15.1 Å². The molecule has 2 aromatic rings. The normalized spacial score (nSPS) is 20.0. The number of hydrogen-bond acceptors (Lipinski definition) is 8. The van der Waals surface area contributed by atoms with E-state index in [1.54, 1.807) is 18.5 Å². The predicted molar refractivity (Wildman–Crippen MR) is 120 cm³/mol. The number of aryl methyl sites for hydroxylation is 2. The van der Waals surface area contributed by atoms with Gasteiger partial charge in [-0.2, -0.15) is 0 Å². The number of hydrogen-bond donors (Lipinski definition) is 1.